The van der Waals surface area contributed by atoms with Crippen molar-refractivity contribution in [2.75, 3.05) is 0 Å². The Bertz CT molecular complexity index is 1040. The number of pyridine rings is 1. The molecular formula is C20H20F2N4O2. The Morgan fingerprint density at radius 3 is 2.68 bits per heavy atom. The minimum atomic E-state index is -0.722. The number of hydrogen-bond acceptors (Lipinski definition) is 4. The number of amides is 1. The van der Waals surface area contributed by atoms with Crippen LogP contribution in [0.1, 0.15) is 41.7 Å². The first-order valence-electron chi connectivity index (χ1n) is 9.22. The van der Waals surface area contributed by atoms with Crippen LogP contribution in [0.4, 0.5) is 8.78 Å². The predicted octanol–water partition coefficient (Wildman–Crippen LogP) is 3.04. The Kier molecular flexibility index (Phi) is 4.80. The number of fused-ring (bicyclic) bond motifs is 1. The zero-order valence-electron chi connectivity index (χ0n) is 15.3. The molecule has 2 N–H and O–H groups in total. The zero-order chi connectivity index (χ0) is 19.8. The highest BCUT2D eigenvalue weighted by Crippen LogP contribution is 2.24. The number of nitrogens with zero attached hydrogens (tertiary/aromatic N) is 3. The van der Waals surface area contributed by atoms with E-state index in [-0.39, 0.29) is 23.5 Å². The van der Waals surface area contributed by atoms with Crippen molar-refractivity contribution in [2.45, 2.75) is 44.8 Å². The molecule has 0 aliphatic heterocycles. The lowest BCUT2D eigenvalue weighted by atomic mass is 9.93. The molecule has 6 nitrogen and oxygen atoms in total. The normalized spacial score (nSPS) is 19.7. The summed E-state index contributed by atoms with van der Waals surface area (Å²) in [6.07, 6.45) is 3.62. The Morgan fingerprint density at radius 2 is 1.96 bits per heavy atom. The zero-order valence-corrected chi connectivity index (χ0v) is 15.3. The fraction of sp³-hybridized carbons (Fsp3) is 0.350. The highest BCUT2D eigenvalue weighted by atomic mass is 19.1. The minimum Gasteiger partial charge on any atom is -0.393 e. The third kappa shape index (κ3) is 3.47. The summed E-state index contributed by atoms with van der Waals surface area (Å²) < 4.78 is 29.6. The number of carbonyl (C=O) groups excluding carboxylic acids is 1. The van der Waals surface area contributed by atoms with Crippen LogP contribution >= 0.6 is 0 Å². The maximum absolute atomic E-state index is 14.7. The molecule has 2 heterocycles. The summed E-state index contributed by atoms with van der Waals surface area (Å²) in [6, 6.07) is 5.25. The Hall–Kier alpha value is -2.87. The molecule has 0 spiro atoms. The van der Waals surface area contributed by atoms with Crippen LogP contribution in [0.25, 0.3) is 16.7 Å². The van der Waals surface area contributed by atoms with Crippen LogP contribution in [0.15, 0.2) is 30.5 Å². The first kappa shape index (κ1) is 18.5. The summed E-state index contributed by atoms with van der Waals surface area (Å²) in [5, 5.41) is 17.4. The van der Waals surface area contributed by atoms with Crippen LogP contribution < -0.4 is 5.32 Å². The number of aliphatic hydroxyl groups is 1. The molecule has 2 aromatic heterocycles. The number of aliphatic hydroxyl groups excluding tert-OH is 1. The summed E-state index contributed by atoms with van der Waals surface area (Å²) >= 11 is 0. The fourth-order valence-corrected chi connectivity index (χ4v) is 3.60. The Balaban J connectivity index is 1.60. The van der Waals surface area contributed by atoms with Crippen molar-refractivity contribution in [3.63, 3.8) is 0 Å². The summed E-state index contributed by atoms with van der Waals surface area (Å²) in [4.78, 5) is 16.5. The molecule has 1 aliphatic rings. The number of aryl methyl sites for hydroxylation is 1. The van der Waals surface area contributed by atoms with Gasteiger partial charge in [-0.05, 0) is 50.8 Å². The molecule has 0 saturated heterocycles. The van der Waals surface area contributed by atoms with E-state index in [0.717, 1.165) is 6.07 Å². The van der Waals surface area contributed by atoms with E-state index >= 15 is 0 Å². The molecule has 0 bridgehead atoms. The highest BCUT2D eigenvalue weighted by molar-refractivity contribution is 5.94. The molecule has 1 aliphatic carbocycles. The molecule has 1 amide bonds. The van der Waals surface area contributed by atoms with E-state index in [1.807, 2.05) is 0 Å². The molecule has 28 heavy (non-hydrogen) atoms. The van der Waals surface area contributed by atoms with Crippen molar-refractivity contribution in [3.05, 3.63) is 53.4 Å². The topological polar surface area (TPSA) is 80.0 Å². The molecule has 3 aromatic rings. The summed E-state index contributed by atoms with van der Waals surface area (Å²) in [5.41, 5.74) is 1.13. The maximum atomic E-state index is 14.7. The van der Waals surface area contributed by atoms with Gasteiger partial charge in [-0.25, -0.2) is 18.4 Å². The summed E-state index contributed by atoms with van der Waals surface area (Å²) in [6.45, 7) is 1.75. The van der Waals surface area contributed by atoms with Gasteiger partial charge in [0.15, 0.2) is 11.6 Å². The van der Waals surface area contributed by atoms with Crippen LogP contribution in [-0.4, -0.2) is 37.9 Å². The molecule has 1 fully saturated rings. The average molecular weight is 386 g/mol. The van der Waals surface area contributed by atoms with Crippen LogP contribution in [0.2, 0.25) is 0 Å². The molecule has 0 radical (unpaired) electrons. The fourth-order valence-electron chi connectivity index (χ4n) is 3.60. The Morgan fingerprint density at radius 1 is 1.21 bits per heavy atom. The van der Waals surface area contributed by atoms with Gasteiger partial charge < -0.3 is 10.4 Å². The quantitative estimate of drug-likeness (QED) is 0.725. The van der Waals surface area contributed by atoms with Crippen molar-refractivity contribution < 1.29 is 18.7 Å². The SMILES string of the molecule is Cc1nn(-c2ncc(C(=O)NC3CCC(O)CC3)cc2F)c2cc(F)ccc12. The number of nitrogens with one attached hydrogen (secondary N) is 1. The van der Waals surface area contributed by atoms with Gasteiger partial charge in [0.2, 0.25) is 0 Å². The van der Waals surface area contributed by atoms with Gasteiger partial charge >= 0.3 is 0 Å². The van der Waals surface area contributed by atoms with Crippen molar-refractivity contribution in [2.24, 2.45) is 0 Å². The van der Waals surface area contributed by atoms with Gasteiger partial charge in [0.25, 0.3) is 5.91 Å². The van der Waals surface area contributed by atoms with Gasteiger partial charge in [-0.2, -0.15) is 5.10 Å². The van der Waals surface area contributed by atoms with E-state index in [2.05, 4.69) is 15.4 Å². The standard InChI is InChI=1S/C20H20F2N4O2/c1-11-16-7-2-13(21)9-18(16)26(25-11)19-17(22)8-12(10-23-19)20(28)24-14-3-5-15(27)6-4-14/h2,7-10,14-15,27H,3-6H2,1H3,(H,24,28). The lowest BCUT2D eigenvalue weighted by molar-refractivity contribution is 0.0867. The minimum absolute atomic E-state index is 0.0423. The monoisotopic (exact) mass is 386 g/mol. The van der Waals surface area contributed by atoms with E-state index in [0.29, 0.717) is 42.3 Å². The molecule has 4 rings (SSSR count). The lowest BCUT2D eigenvalue weighted by Gasteiger charge is -2.26. The van der Waals surface area contributed by atoms with E-state index in [9.17, 15) is 18.7 Å². The number of aromatic nitrogens is 3. The van der Waals surface area contributed by atoms with Gasteiger partial charge in [0.1, 0.15) is 5.82 Å². The molecule has 0 atom stereocenters. The highest BCUT2D eigenvalue weighted by Gasteiger charge is 2.22. The molecular weight excluding hydrogens is 366 g/mol. The van der Waals surface area contributed by atoms with Crippen molar-refractivity contribution in [3.8, 4) is 5.82 Å². The van der Waals surface area contributed by atoms with Crippen molar-refractivity contribution in [1.29, 1.82) is 0 Å². The number of halogens is 2. The smallest absolute Gasteiger partial charge is 0.253 e. The molecule has 1 saturated carbocycles. The molecule has 146 valence electrons. The van der Waals surface area contributed by atoms with E-state index in [1.54, 1.807) is 13.0 Å². The van der Waals surface area contributed by atoms with Crippen LogP contribution in [-0.2, 0) is 0 Å². The molecule has 1 aromatic carbocycles. The first-order chi connectivity index (χ1) is 13.4. The lowest BCUT2D eigenvalue weighted by Crippen LogP contribution is -2.38. The number of rotatable bonds is 3. The van der Waals surface area contributed by atoms with Gasteiger partial charge in [-0.3, -0.25) is 4.79 Å². The number of hydrogen-bond donors (Lipinski definition) is 2. The van der Waals surface area contributed by atoms with Crippen LogP contribution in [0.5, 0.6) is 0 Å². The van der Waals surface area contributed by atoms with Gasteiger partial charge in [-0.15, -0.1) is 0 Å². The van der Waals surface area contributed by atoms with Crippen LogP contribution in [0, 0.1) is 18.6 Å². The summed E-state index contributed by atoms with van der Waals surface area (Å²) in [5.74, 6) is -1.68. The van der Waals surface area contributed by atoms with E-state index in [1.165, 1.54) is 23.0 Å². The second-order valence-electron chi connectivity index (χ2n) is 7.17. The first-order valence-corrected chi connectivity index (χ1v) is 9.22. The van der Waals surface area contributed by atoms with Crippen molar-refractivity contribution in [1.82, 2.24) is 20.1 Å². The average Bonchev–Trinajstić information content (AvgIpc) is 2.99. The van der Waals surface area contributed by atoms with Crippen LogP contribution in [0.3, 0.4) is 0 Å². The van der Waals surface area contributed by atoms with Gasteiger partial charge in [0.05, 0.1) is 22.9 Å². The van der Waals surface area contributed by atoms with E-state index in [4.69, 9.17) is 0 Å². The van der Waals surface area contributed by atoms with Crippen molar-refractivity contribution >= 4 is 16.8 Å². The molecule has 8 heteroatoms. The third-order valence-corrected chi connectivity index (χ3v) is 5.14. The number of benzene rings is 1. The van der Waals surface area contributed by atoms with Gasteiger partial charge in [-0.1, -0.05) is 0 Å². The largest absolute Gasteiger partial charge is 0.393 e. The van der Waals surface area contributed by atoms with Gasteiger partial charge in [0, 0.05) is 23.7 Å². The third-order valence-electron chi connectivity index (χ3n) is 5.14. The number of carbonyl (C=O) groups is 1. The summed E-state index contributed by atoms with van der Waals surface area (Å²) in [7, 11) is 0. The second-order valence-corrected chi connectivity index (χ2v) is 7.17. The predicted molar refractivity (Wildman–Crippen MR) is 99.2 cm³/mol. The second kappa shape index (κ2) is 7.27. The van der Waals surface area contributed by atoms with E-state index < -0.39 is 17.5 Å². The Labute approximate surface area is 160 Å². The molecule has 0 unspecified atom stereocenters. The maximum Gasteiger partial charge on any atom is 0.253 e.